The molecular formula is C23H25F3N4O2S. The molecule has 6 nitrogen and oxygen atoms in total. The highest BCUT2D eigenvalue weighted by Crippen LogP contribution is 2.30. The van der Waals surface area contributed by atoms with Gasteiger partial charge in [-0.25, -0.2) is 0 Å². The number of piperidine rings is 1. The summed E-state index contributed by atoms with van der Waals surface area (Å²) in [6.45, 7) is 1.94. The molecule has 1 aromatic carbocycles. The molecule has 33 heavy (non-hydrogen) atoms. The van der Waals surface area contributed by atoms with Crippen LogP contribution in [-0.2, 0) is 23.9 Å². The number of halogens is 3. The minimum absolute atomic E-state index is 0.00989. The molecule has 176 valence electrons. The lowest BCUT2D eigenvalue weighted by Crippen LogP contribution is -2.44. The molecule has 1 saturated heterocycles. The Morgan fingerprint density at radius 3 is 2.76 bits per heavy atom. The Balaban J connectivity index is 1.15. The number of aryl methyl sites for hydroxylation is 1. The third-order valence-electron chi connectivity index (χ3n) is 5.62. The van der Waals surface area contributed by atoms with Crippen molar-refractivity contribution in [2.75, 3.05) is 13.1 Å². The monoisotopic (exact) mass is 478 g/mol. The van der Waals surface area contributed by atoms with Gasteiger partial charge in [-0.15, -0.1) is 11.3 Å². The number of aromatic nitrogens is 2. The van der Waals surface area contributed by atoms with Gasteiger partial charge in [0.15, 0.2) is 0 Å². The highest BCUT2D eigenvalue weighted by Gasteiger charge is 2.30. The summed E-state index contributed by atoms with van der Waals surface area (Å²) >= 11 is 1.54. The molecule has 0 saturated carbocycles. The van der Waals surface area contributed by atoms with Crippen molar-refractivity contribution >= 4 is 17.2 Å². The molecule has 3 aromatic rings. The third-order valence-corrected chi connectivity index (χ3v) is 6.48. The topological polar surface area (TPSA) is 71.3 Å². The highest BCUT2D eigenvalue weighted by atomic mass is 32.1. The number of benzene rings is 1. The number of likely N-dealkylation sites (tertiary alicyclic amines) is 1. The second-order valence-corrected chi connectivity index (χ2v) is 9.11. The zero-order valence-corrected chi connectivity index (χ0v) is 18.8. The lowest BCUT2D eigenvalue weighted by atomic mass is 10.0. The van der Waals surface area contributed by atoms with E-state index >= 15 is 0 Å². The second kappa shape index (κ2) is 10.5. The molecule has 0 radical (unpaired) electrons. The van der Waals surface area contributed by atoms with E-state index in [1.807, 2.05) is 17.5 Å². The summed E-state index contributed by atoms with van der Waals surface area (Å²) in [5, 5.41) is 8.98. The van der Waals surface area contributed by atoms with E-state index < -0.39 is 11.7 Å². The minimum Gasteiger partial charge on any atom is -0.353 e. The lowest BCUT2D eigenvalue weighted by Gasteiger charge is -2.32. The van der Waals surface area contributed by atoms with E-state index in [4.69, 9.17) is 4.52 Å². The zero-order valence-electron chi connectivity index (χ0n) is 18.0. The van der Waals surface area contributed by atoms with Crippen molar-refractivity contribution in [3.05, 3.63) is 58.8 Å². The van der Waals surface area contributed by atoms with Crippen LogP contribution in [0.15, 0.2) is 46.3 Å². The summed E-state index contributed by atoms with van der Waals surface area (Å²) in [6.07, 6.45) is -1.24. The second-order valence-electron chi connectivity index (χ2n) is 8.16. The Morgan fingerprint density at radius 2 is 2.03 bits per heavy atom. The predicted octanol–water partition coefficient (Wildman–Crippen LogP) is 4.92. The van der Waals surface area contributed by atoms with Crippen LogP contribution in [0.4, 0.5) is 13.2 Å². The maximum Gasteiger partial charge on any atom is 0.416 e. The van der Waals surface area contributed by atoms with Crippen molar-refractivity contribution < 1.29 is 22.5 Å². The SMILES string of the molecule is O=C(CCCc1nc(-c2cccs2)no1)NC1CCN(Cc2cccc(C(F)(F)F)c2)CC1. The van der Waals surface area contributed by atoms with Gasteiger partial charge in [-0.1, -0.05) is 29.4 Å². The molecule has 0 aliphatic carbocycles. The molecule has 2 aromatic heterocycles. The molecular weight excluding hydrogens is 453 g/mol. The first-order chi connectivity index (χ1) is 15.9. The number of hydrogen-bond donors (Lipinski definition) is 1. The van der Waals surface area contributed by atoms with E-state index in [9.17, 15) is 18.0 Å². The summed E-state index contributed by atoms with van der Waals surface area (Å²) in [7, 11) is 0. The quantitative estimate of drug-likeness (QED) is 0.498. The Hall–Kier alpha value is -2.72. The highest BCUT2D eigenvalue weighted by molar-refractivity contribution is 7.13. The number of thiophene rings is 1. The van der Waals surface area contributed by atoms with Crippen LogP contribution in [0.3, 0.4) is 0 Å². The Bertz CT molecular complexity index is 1040. The van der Waals surface area contributed by atoms with Gasteiger partial charge in [-0.05, 0) is 42.3 Å². The molecule has 3 heterocycles. The van der Waals surface area contributed by atoms with Crippen LogP contribution in [0.25, 0.3) is 10.7 Å². The first-order valence-electron chi connectivity index (χ1n) is 10.9. The number of carbonyl (C=O) groups excluding carboxylic acids is 1. The van der Waals surface area contributed by atoms with Crippen LogP contribution < -0.4 is 5.32 Å². The molecule has 0 unspecified atom stereocenters. The van der Waals surface area contributed by atoms with Crippen LogP contribution in [0.1, 0.15) is 42.7 Å². The molecule has 1 fully saturated rings. The number of amides is 1. The number of hydrogen-bond acceptors (Lipinski definition) is 6. The number of carbonyl (C=O) groups is 1. The number of nitrogens with zero attached hydrogens (tertiary/aromatic N) is 3. The first kappa shape index (κ1) is 23.4. The van der Waals surface area contributed by atoms with Crippen LogP contribution in [-0.4, -0.2) is 40.1 Å². The summed E-state index contributed by atoms with van der Waals surface area (Å²) in [6, 6.07) is 9.41. The molecule has 10 heteroatoms. The standard InChI is InChI=1S/C23H25F3N4O2S/c24-23(25,26)17-5-1-4-16(14-17)15-30-11-9-18(10-12-30)27-20(31)7-2-8-21-28-22(29-32-21)19-6-3-13-33-19/h1,3-6,13-14,18H,2,7-12,15H2,(H,27,31). The van der Waals surface area contributed by atoms with Crippen molar-refractivity contribution in [1.29, 1.82) is 0 Å². The van der Waals surface area contributed by atoms with Crippen molar-refractivity contribution in [1.82, 2.24) is 20.4 Å². The van der Waals surface area contributed by atoms with E-state index in [2.05, 4.69) is 20.4 Å². The number of alkyl halides is 3. The summed E-state index contributed by atoms with van der Waals surface area (Å²) in [5.74, 6) is 1.08. The van der Waals surface area contributed by atoms with Crippen molar-refractivity contribution in [3.8, 4) is 10.7 Å². The Labute approximate surface area is 193 Å². The van der Waals surface area contributed by atoms with Crippen molar-refractivity contribution in [2.45, 2.75) is 50.9 Å². The van der Waals surface area contributed by atoms with Gasteiger partial charge < -0.3 is 9.84 Å². The molecule has 1 N–H and O–H groups in total. The van der Waals surface area contributed by atoms with E-state index in [1.54, 1.807) is 17.4 Å². The van der Waals surface area contributed by atoms with Gasteiger partial charge in [0, 0.05) is 38.5 Å². The average Bonchev–Trinajstić information content (AvgIpc) is 3.47. The fourth-order valence-corrected chi connectivity index (χ4v) is 4.55. The molecule has 0 atom stereocenters. The molecule has 1 aliphatic heterocycles. The summed E-state index contributed by atoms with van der Waals surface area (Å²) in [5.41, 5.74) is 0.0287. The van der Waals surface area contributed by atoms with Crippen LogP contribution >= 0.6 is 11.3 Å². The third kappa shape index (κ3) is 6.64. The minimum atomic E-state index is -4.33. The van der Waals surface area contributed by atoms with Gasteiger partial charge in [-0.3, -0.25) is 9.69 Å². The number of rotatable bonds is 8. The smallest absolute Gasteiger partial charge is 0.353 e. The van der Waals surface area contributed by atoms with Crippen LogP contribution in [0.2, 0.25) is 0 Å². The lowest BCUT2D eigenvalue weighted by molar-refractivity contribution is -0.137. The average molecular weight is 479 g/mol. The first-order valence-corrected chi connectivity index (χ1v) is 11.8. The molecule has 1 aliphatic rings. The summed E-state index contributed by atoms with van der Waals surface area (Å²) < 4.78 is 43.9. The Kier molecular flexibility index (Phi) is 7.44. The van der Waals surface area contributed by atoms with Gasteiger partial charge in [-0.2, -0.15) is 18.2 Å². The van der Waals surface area contributed by atoms with Crippen LogP contribution in [0, 0.1) is 0 Å². The molecule has 4 rings (SSSR count). The maximum absolute atomic E-state index is 12.9. The molecule has 0 spiro atoms. The fourth-order valence-electron chi connectivity index (χ4n) is 3.90. The van der Waals surface area contributed by atoms with Gasteiger partial charge in [0.1, 0.15) is 0 Å². The van der Waals surface area contributed by atoms with E-state index in [0.717, 1.165) is 36.9 Å². The normalized spacial score (nSPS) is 15.6. The van der Waals surface area contributed by atoms with E-state index in [-0.39, 0.29) is 11.9 Å². The van der Waals surface area contributed by atoms with Gasteiger partial charge in [0.2, 0.25) is 17.6 Å². The van der Waals surface area contributed by atoms with E-state index in [0.29, 0.717) is 43.1 Å². The molecule has 1 amide bonds. The van der Waals surface area contributed by atoms with Gasteiger partial charge in [0.25, 0.3) is 0 Å². The predicted molar refractivity (Wildman–Crippen MR) is 118 cm³/mol. The van der Waals surface area contributed by atoms with Gasteiger partial charge >= 0.3 is 6.18 Å². The van der Waals surface area contributed by atoms with Crippen LogP contribution in [0.5, 0.6) is 0 Å². The fraction of sp³-hybridized carbons (Fsp3) is 0.435. The van der Waals surface area contributed by atoms with Crippen molar-refractivity contribution in [3.63, 3.8) is 0 Å². The zero-order chi connectivity index (χ0) is 23.3. The van der Waals surface area contributed by atoms with E-state index in [1.165, 1.54) is 12.1 Å². The Morgan fingerprint density at radius 1 is 1.21 bits per heavy atom. The van der Waals surface area contributed by atoms with Crippen molar-refractivity contribution in [2.24, 2.45) is 0 Å². The largest absolute Gasteiger partial charge is 0.416 e. The summed E-state index contributed by atoms with van der Waals surface area (Å²) in [4.78, 5) is 19.7. The maximum atomic E-state index is 12.9. The number of nitrogens with one attached hydrogen (secondary N) is 1. The van der Waals surface area contributed by atoms with Gasteiger partial charge in [0.05, 0.1) is 10.4 Å². The molecule has 0 bridgehead atoms.